The predicted octanol–water partition coefficient (Wildman–Crippen LogP) is 2.80. The van der Waals surface area contributed by atoms with Gasteiger partial charge in [0.1, 0.15) is 5.60 Å². The summed E-state index contributed by atoms with van der Waals surface area (Å²) >= 11 is 0. The molecule has 1 rings (SSSR count). The molecule has 1 fully saturated rings. The van der Waals surface area contributed by atoms with Crippen LogP contribution < -0.4 is 16.0 Å². The molecule has 160 valence electrons. The minimum Gasteiger partial charge on any atom is -0.444 e. The fourth-order valence-corrected chi connectivity index (χ4v) is 3.49. The van der Waals surface area contributed by atoms with Crippen LogP contribution in [0.1, 0.15) is 53.4 Å². The van der Waals surface area contributed by atoms with Crippen LogP contribution in [0.3, 0.4) is 0 Å². The zero-order chi connectivity index (χ0) is 19.8. The number of carbonyl (C=O) groups excluding carboxylic acids is 1. The lowest BCUT2D eigenvalue weighted by atomic mass is 9.75. The number of likely N-dealkylation sites (N-methyl/N-ethyl adjacent to an activating group) is 1. The molecule has 2 atom stereocenters. The van der Waals surface area contributed by atoms with Crippen molar-refractivity contribution in [1.82, 2.24) is 20.9 Å². The number of hydrogen-bond donors (Lipinski definition) is 3. The van der Waals surface area contributed by atoms with Gasteiger partial charge < -0.3 is 25.6 Å². The zero-order valence-electron chi connectivity index (χ0n) is 18.1. The highest BCUT2D eigenvalue weighted by Crippen LogP contribution is 2.35. The van der Waals surface area contributed by atoms with Crippen molar-refractivity contribution in [1.29, 1.82) is 0 Å². The van der Waals surface area contributed by atoms with Crippen molar-refractivity contribution in [3.05, 3.63) is 0 Å². The van der Waals surface area contributed by atoms with Crippen LogP contribution in [0.25, 0.3) is 0 Å². The summed E-state index contributed by atoms with van der Waals surface area (Å²) in [5.41, 5.74) is -0.309. The number of hydrogen-bond acceptors (Lipinski definition) is 4. The van der Waals surface area contributed by atoms with Gasteiger partial charge in [-0.15, -0.1) is 24.0 Å². The summed E-state index contributed by atoms with van der Waals surface area (Å²) in [5, 5.41) is 9.45. The average molecular weight is 497 g/mol. The lowest BCUT2D eigenvalue weighted by Gasteiger charge is -2.45. The molecular weight excluding hydrogens is 457 g/mol. The van der Waals surface area contributed by atoms with Crippen molar-refractivity contribution in [2.75, 3.05) is 40.8 Å². The van der Waals surface area contributed by atoms with Crippen LogP contribution >= 0.6 is 24.0 Å². The van der Waals surface area contributed by atoms with Gasteiger partial charge in [0.15, 0.2) is 5.96 Å². The number of guanidine groups is 1. The Kier molecular flexibility index (Phi) is 11.6. The SMILES string of the molecule is CN=C(NCCNC(=O)OC(C)(C)C)NCC1(N(C)C)CCCC(C)C1.I. The third kappa shape index (κ3) is 9.82. The summed E-state index contributed by atoms with van der Waals surface area (Å²) in [5.74, 6) is 1.51. The van der Waals surface area contributed by atoms with E-state index in [-0.39, 0.29) is 29.5 Å². The van der Waals surface area contributed by atoms with Gasteiger partial charge in [0.05, 0.1) is 0 Å². The van der Waals surface area contributed by atoms with Gasteiger partial charge in [0.2, 0.25) is 0 Å². The molecule has 0 aliphatic heterocycles. The maximum atomic E-state index is 11.6. The maximum absolute atomic E-state index is 11.6. The molecule has 1 amide bonds. The third-order valence-electron chi connectivity index (χ3n) is 4.91. The molecule has 0 aromatic carbocycles. The zero-order valence-corrected chi connectivity index (χ0v) is 20.5. The Hall–Kier alpha value is -0.770. The Morgan fingerprint density at radius 3 is 2.37 bits per heavy atom. The molecule has 0 bridgehead atoms. The molecule has 0 spiro atoms. The Labute approximate surface area is 182 Å². The number of ether oxygens (including phenoxy) is 1. The van der Waals surface area contributed by atoms with E-state index in [1.807, 2.05) is 20.8 Å². The van der Waals surface area contributed by atoms with Crippen molar-refractivity contribution >= 4 is 36.0 Å². The standard InChI is InChI=1S/C19H39N5O2.HI/c1-15-9-8-10-19(13-15,24(6)7)14-23-16(20-5)21-11-12-22-17(25)26-18(2,3)4;/h15H,8-14H2,1-7H3,(H,22,25)(H2,20,21,23);1H. The number of rotatable bonds is 6. The molecule has 1 aliphatic rings. The van der Waals surface area contributed by atoms with E-state index < -0.39 is 11.7 Å². The molecule has 0 heterocycles. The van der Waals surface area contributed by atoms with Gasteiger partial charge in [0.25, 0.3) is 0 Å². The number of amides is 1. The fraction of sp³-hybridized carbons (Fsp3) is 0.895. The van der Waals surface area contributed by atoms with Gasteiger partial charge in [-0.1, -0.05) is 19.8 Å². The topological polar surface area (TPSA) is 78.0 Å². The van der Waals surface area contributed by atoms with Gasteiger partial charge >= 0.3 is 6.09 Å². The van der Waals surface area contributed by atoms with Gasteiger partial charge in [-0.3, -0.25) is 4.99 Å². The molecule has 8 heteroatoms. The smallest absolute Gasteiger partial charge is 0.407 e. The van der Waals surface area contributed by atoms with E-state index >= 15 is 0 Å². The van der Waals surface area contributed by atoms with Crippen molar-refractivity contribution in [3.63, 3.8) is 0 Å². The van der Waals surface area contributed by atoms with Crippen molar-refractivity contribution < 1.29 is 9.53 Å². The van der Waals surface area contributed by atoms with E-state index in [0.717, 1.165) is 18.4 Å². The van der Waals surface area contributed by atoms with Gasteiger partial charge in [-0.05, 0) is 53.6 Å². The van der Waals surface area contributed by atoms with E-state index in [4.69, 9.17) is 4.74 Å². The van der Waals surface area contributed by atoms with E-state index in [2.05, 4.69) is 46.9 Å². The average Bonchev–Trinajstić information content (AvgIpc) is 2.52. The summed E-state index contributed by atoms with van der Waals surface area (Å²) < 4.78 is 5.22. The number of nitrogens with zero attached hydrogens (tertiary/aromatic N) is 2. The molecule has 2 unspecified atom stereocenters. The normalized spacial score (nSPS) is 23.4. The number of nitrogens with one attached hydrogen (secondary N) is 3. The first-order valence-corrected chi connectivity index (χ1v) is 9.67. The lowest BCUT2D eigenvalue weighted by molar-refractivity contribution is 0.0529. The summed E-state index contributed by atoms with van der Waals surface area (Å²) in [6.07, 6.45) is 4.59. The molecule has 7 nitrogen and oxygen atoms in total. The molecular formula is C19H40IN5O2. The van der Waals surface area contributed by atoms with Crippen LogP contribution in [-0.4, -0.2) is 68.9 Å². The van der Waals surface area contributed by atoms with Crippen LogP contribution in [0.5, 0.6) is 0 Å². The predicted molar refractivity (Wildman–Crippen MR) is 123 cm³/mol. The van der Waals surface area contributed by atoms with E-state index in [1.165, 1.54) is 25.7 Å². The first-order chi connectivity index (χ1) is 12.1. The summed E-state index contributed by atoms with van der Waals surface area (Å²) in [6.45, 7) is 9.82. The molecule has 27 heavy (non-hydrogen) atoms. The highest BCUT2D eigenvalue weighted by Gasteiger charge is 2.36. The van der Waals surface area contributed by atoms with Gasteiger partial charge in [-0.25, -0.2) is 4.79 Å². The molecule has 3 N–H and O–H groups in total. The number of aliphatic imine (C=N–C) groups is 1. The second kappa shape index (κ2) is 11.9. The van der Waals surface area contributed by atoms with Crippen LogP contribution in [-0.2, 0) is 4.74 Å². The maximum Gasteiger partial charge on any atom is 0.407 e. The largest absolute Gasteiger partial charge is 0.444 e. The van der Waals surface area contributed by atoms with Crippen LogP contribution in [0.15, 0.2) is 4.99 Å². The van der Waals surface area contributed by atoms with E-state index in [0.29, 0.717) is 13.1 Å². The molecule has 0 aromatic rings. The molecule has 0 radical (unpaired) electrons. The second-order valence-corrected chi connectivity index (χ2v) is 8.60. The summed E-state index contributed by atoms with van der Waals surface area (Å²) in [7, 11) is 6.10. The minimum absolute atomic E-state index is 0. The first kappa shape index (κ1) is 26.2. The third-order valence-corrected chi connectivity index (χ3v) is 4.91. The quantitative estimate of drug-likeness (QED) is 0.228. The first-order valence-electron chi connectivity index (χ1n) is 9.67. The van der Waals surface area contributed by atoms with Crippen molar-refractivity contribution in [2.24, 2.45) is 10.9 Å². The highest BCUT2D eigenvalue weighted by atomic mass is 127. The molecule has 1 saturated carbocycles. The van der Waals surface area contributed by atoms with Gasteiger partial charge in [0, 0.05) is 32.2 Å². The molecule has 1 aliphatic carbocycles. The molecule has 0 aromatic heterocycles. The fourth-order valence-electron chi connectivity index (χ4n) is 3.49. The Morgan fingerprint density at radius 2 is 1.85 bits per heavy atom. The van der Waals surface area contributed by atoms with Crippen molar-refractivity contribution in [3.8, 4) is 0 Å². The van der Waals surface area contributed by atoms with Crippen LogP contribution in [0, 0.1) is 5.92 Å². The number of halogens is 1. The number of alkyl carbamates (subject to hydrolysis) is 1. The summed E-state index contributed by atoms with van der Waals surface area (Å²) in [4.78, 5) is 18.3. The molecule has 0 saturated heterocycles. The number of carbonyl (C=O) groups is 1. The van der Waals surface area contributed by atoms with E-state index in [9.17, 15) is 4.79 Å². The Morgan fingerprint density at radius 1 is 1.22 bits per heavy atom. The summed E-state index contributed by atoms with van der Waals surface area (Å²) in [6, 6.07) is 0. The monoisotopic (exact) mass is 497 g/mol. The highest BCUT2D eigenvalue weighted by molar-refractivity contribution is 14.0. The van der Waals surface area contributed by atoms with Crippen LogP contribution in [0.2, 0.25) is 0 Å². The van der Waals surface area contributed by atoms with Gasteiger partial charge in [-0.2, -0.15) is 0 Å². The van der Waals surface area contributed by atoms with Crippen LogP contribution in [0.4, 0.5) is 4.79 Å². The van der Waals surface area contributed by atoms with Crippen molar-refractivity contribution in [2.45, 2.75) is 64.5 Å². The lowest BCUT2D eigenvalue weighted by Crippen LogP contribution is -2.56. The Balaban J connectivity index is 0.00000676. The minimum atomic E-state index is -0.479. The van der Waals surface area contributed by atoms with E-state index in [1.54, 1.807) is 7.05 Å². The second-order valence-electron chi connectivity index (χ2n) is 8.60. The Bertz CT molecular complexity index is 479.